The third kappa shape index (κ3) is 6.00. The molecule has 1 heterocycles. The molecule has 0 saturated heterocycles. The summed E-state index contributed by atoms with van der Waals surface area (Å²) >= 11 is 1.61. The highest BCUT2D eigenvalue weighted by molar-refractivity contribution is 7.84. The van der Waals surface area contributed by atoms with E-state index in [9.17, 15) is 9.00 Å². The van der Waals surface area contributed by atoms with E-state index < -0.39 is 10.8 Å². The smallest absolute Gasteiger partial charge is 0.315 e. The molecule has 0 fully saturated rings. The number of nitrogens with zero attached hydrogens (tertiary/aromatic N) is 1. The van der Waals surface area contributed by atoms with Crippen LogP contribution in [0.2, 0.25) is 0 Å². The maximum atomic E-state index is 11.7. The van der Waals surface area contributed by atoms with Gasteiger partial charge in [-0.15, -0.1) is 11.3 Å². The van der Waals surface area contributed by atoms with Crippen LogP contribution < -0.4 is 10.6 Å². The number of aromatic nitrogens is 1. The summed E-state index contributed by atoms with van der Waals surface area (Å²) in [5.74, 6) is 0.457. The van der Waals surface area contributed by atoms with E-state index >= 15 is 0 Å². The molecule has 0 aliphatic heterocycles. The van der Waals surface area contributed by atoms with Gasteiger partial charge in [-0.3, -0.25) is 4.21 Å². The summed E-state index contributed by atoms with van der Waals surface area (Å²) in [4.78, 5) is 16.2. The molecule has 0 radical (unpaired) electrons. The molecule has 0 aromatic carbocycles. The lowest BCUT2D eigenvalue weighted by Crippen LogP contribution is -2.42. The Kier molecular flexibility index (Phi) is 6.13. The molecule has 114 valence electrons. The zero-order chi connectivity index (χ0) is 15.3. The molecule has 0 spiro atoms. The van der Waals surface area contributed by atoms with E-state index in [0.717, 1.165) is 10.7 Å². The second kappa shape index (κ2) is 7.17. The molecule has 5 nitrogen and oxygen atoms in total. The minimum Gasteiger partial charge on any atom is -0.335 e. The number of thiazole rings is 1. The zero-order valence-corrected chi connectivity index (χ0v) is 14.3. The van der Waals surface area contributed by atoms with Crippen LogP contribution >= 0.6 is 11.3 Å². The molecule has 1 aromatic rings. The highest BCUT2D eigenvalue weighted by Crippen LogP contribution is 2.25. The fourth-order valence-electron chi connectivity index (χ4n) is 1.57. The zero-order valence-electron chi connectivity index (χ0n) is 12.6. The number of carbonyl (C=O) groups is 1. The summed E-state index contributed by atoms with van der Waals surface area (Å²) in [7, 11) is -0.912. The van der Waals surface area contributed by atoms with Gasteiger partial charge in [0.25, 0.3) is 0 Å². The number of carbonyl (C=O) groups excluding carboxylic acids is 1. The Hall–Kier alpha value is -0.950. The molecule has 2 amide bonds. The van der Waals surface area contributed by atoms with E-state index in [2.05, 4.69) is 36.4 Å². The highest BCUT2D eigenvalue weighted by Gasteiger charge is 2.18. The largest absolute Gasteiger partial charge is 0.335 e. The third-order valence-corrected chi connectivity index (χ3v) is 4.77. The van der Waals surface area contributed by atoms with E-state index in [1.54, 1.807) is 17.6 Å². The fraction of sp³-hybridized carbons (Fsp3) is 0.692. The first kappa shape index (κ1) is 17.1. The van der Waals surface area contributed by atoms with Gasteiger partial charge in [-0.05, 0) is 6.92 Å². The molecule has 1 rings (SSSR count). The van der Waals surface area contributed by atoms with Gasteiger partial charge in [0.2, 0.25) is 0 Å². The minimum absolute atomic E-state index is 0.0326. The van der Waals surface area contributed by atoms with Crippen molar-refractivity contribution in [3.8, 4) is 0 Å². The molecular weight excluding hydrogens is 294 g/mol. The molecule has 0 bridgehead atoms. The quantitative estimate of drug-likeness (QED) is 0.872. The van der Waals surface area contributed by atoms with Crippen molar-refractivity contribution in [2.45, 2.75) is 45.7 Å². The summed E-state index contributed by atoms with van der Waals surface area (Å²) in [6, 6.07) is -0.366. The first-order chi connectivity index (χ1) is 9.18. The topological polar surface area (TPSA) is 71.1 Å². The van der Waals surface area contributed by atoms with Crippen molar-refractivity contribution < 1.29 is 9.00 Å². The van der Waals surface area contributed by atoms with Crippen molar-refractivity contribution in [3.05, 3.63) is 16.1 Å². The Labute approximate surface area is 127 Å². The molecule has 0 unspecified atom stereocenters. The van der Waals surface area contributed by atoms with Crippen molar-refractivity contribution >= 4 is 28.2 Å². The van der Waals surface area contributed by atoms with Crippen LogP contribution in [0.1, 0.15) is 38.4 Å². The van der Waals surface area contributed by atoms with Crippen LogP contribution in [-0.2, 0) is 22.8 Å². The van der Waals surface area contributed by atoms with Crippen molar-refractivity contribution in [1.29, 1.82) is 0 Å². The summed E-state index contributed by atoms with van der Waals surface area (Å²) in [5.41, 5.74) is 0.895. The average Bonchev–Trinajstić information content (AvgIpc) is 2.73. The molecule has 2 atom stereocenters. The summed E-state index contributed by atoms with van der Waals surface area (Å²) in [6.45, 7) is 8.58. The van der Waals surface area contributed by atoms with Gasteiger partial charge < -0.3 is 10.6 Å². The number of hydrogen-bond donors (Lipinski definition) is 2. The van der Waals surface area contributed by atoms with Crippen molar-refractivity contribution in [3.63, 3.8) is 0 Å². The predicted octanol–water partition coefficient (Wildman–Crippen LogP) is 2.01. The Morgan fingerprint density at radius 1 is 1.50 bits per heavy atom. The van der Waals surface area contributed by atoms with Gasteiger partial charge in [-0.1, -0.05) is 20.8 Å². The van der Waals surface area contributed by atoms with E-state index in [1.807, 2.05) is 12.3 Å². The van der Waals surface area contributed by atoms with Crippen molar-refractivity contribution in [1.82, 2.24) is 15.6 Å². The number of amides is 2. The van der Waals surface area contributed by atoms with Crippen molar-refractivity contribution in [2.75, 3.05) is 12.0 Å². The van der Waals surface area contributed by atoms with Gasteiger partial charge >= 0.3 is 6.03 Å². The van der Waals surface area contributed by atoms with Crippen LogP contribution in [0.5, 0.6) is 0 Å². The molecule has 0 saturated carbocycles. The lowest BCUT2D eigenvalue weighted by Gasteiger charge is -2.14. The Morgan fingerprint density at radius 3 is 2.65 bits per heavy atom. The van der Waals surface area contributed by atoms with Crippen molar-refractivity contribution in [2.24, 2.45) is 0 Å². The SMILES string of the molecule is C[C@H](C[S@@](C)=O)NC(=O)NCc1csc(C(C)(C)C)n1. The van der Waals surface area contributed by atoms with Crippen LogP contribution in [0.4, 0.5) is 4.79 Å². The van der Waals surface area contributed by atoms with Gasteiger partial charge in [-0.25, -0.2) is 9.78 Å². The van der Waals surface area contributed by atoms with Crippen LogP contribution in [0.25, 0.3) is 0 Å². The van der Waals surface area contributed by atoms with Crippen LogP contribution in [0.15, 0.2) is 5.38 Å². The summed E-state index contributed by atoms with van der Waals surface area (Å²) in [6.07, 6.45) is 1.62. The highest BCUT2D eigenvalue weighted by atomic mass is 32.2. The van der Waals surface area contributed by atoms with E-state index in [-0.39, 0.29) is 17.5 Å². The molecule has 2 N–H and O–H groups in total. The number of nitrogens with one attached hydrogen (secondary N) is 2. The second-order valence-corrected chi connectivity index (χ2v) is 8.20. The molecule has 0 aliphatic rings. The Morgan fingerprint density at radius 2 is 2.15 bits per heavy atom. The number of hydrogen-bond acceptors (Lipinski definition) is 4. The third-order valence-electron chi connectivity index (χ3n) is 2.49. The van der Waals surface area contributed by atoms with Gasteiger partial charge in [-0.2, -0.15) is 0 Å². The standard InChI is InChI=1S/C13H23N3O2S2/c1-9(8-20(5)18)15-12(17)14-6-10-7-19-11(16-10)13(2,3)4/h7,9H,6,8H2,1-5H3,(H2,14,15,17)/t9-,20-/m1/s1. The lowest BCUT2D eigenvalue weighted by atomic mass is 9.98. The van der Waals surface area contributed by atoms with Crippen LogP contribution in [-0.4, -0.2) is 33.3 Å². The van der Waals surface area contributed by atoms with Gasteiger partial charge in [0.05, 0.1) is 17.2 Å². The molecule has 20 heavy (non-hydrogen) atoms. The predicted molar refractivity (Wildman–Crippen MR) is 84.6 cm³/mol. The molecular formula is C13H23N3O2S2. The average molecular weight is 317 g/mol. The first-order valence-corrected chi connectivity index (χ1v) is 9.08. The van der Waals surface area contributed by atoms with E-state index in [4.69, 9.17) is 0 Å². The number of urea groups is 1. The van der Waals surface area contributed by atoms with Crippen LogP contribution in [0.3, 0.4) is 0 Å². The van der Waals surface area contributed by atoms with E-state index in [0.29, 0.717) is 12.3 Å². The Balaban J connectivity index is 2.41. The minimum atomic E-state index is -0.912. The second-order valence-electron chi connectivity index (χ2n) is 5.86. The van der Waals surface area contributed by atoms with Gasteiger partial charge in [0, 0.05) is 39.6 Å². The Bertz CT molecular complexity index is 480. The summed E-state index contributed by atoms with van der Waals surface area (Å²) in [5, 5.41) is 8.54. The molecule has 0 aliphatic carbocycles. The lowest BCUT2D eigenvalue weighted by molar-refractivity contribution is 0.238. The van der Waals surface area contributed by atoms with E-state index in [1.165, 1.54) is 0 Å². The molecule has 1 aromatic heterocycles. The normalized spacial score (nSPS) is 14.7. The molecule has 7 heteroatoms. The van der Waals surface area contributed by atoms with Gasteiger partial charge in [0.15, 0.2) is 0 Å². The van der Waals surface area contributed by atoms with Gasteiger partial charge in [0.1, 0.15) is 0 Å². The van der Waals surface area contributed by atoms with Crippen LogP contribution in [0, 0.1) is 0 Å². The maximum absolute atomic E-state index is 11.7. The monoisotopic (exact) mass is 317 g/mol. The maximum Gasteiger partial charge on any atom is 0.315 e. The fourth-order valence-corrected chi connectivity index (χ4v) is 3.27. The summed E-state index contributed by atoms with van der Waals surface area (Å²) < 4.78 is 11.0. The first-order valence-electron chi connectivity index (χ1n) is 6.47. The number of rotatable bonds is 5.